The van der Waals surface area contributed by atoms with E-state index in [2.05, 4.69) is 0 Å². The van der Waals surface area contributed by atoms with E-state index in [4.69, 9.17) is 5.11 Å². The molecule has 1 N–H and O–H groups in total. The molecule has 0 radical (unpaired) electrons. The molecule has 0 unspecified atom stereocenters. The average molecular weight is 160 g/mol. The molecule has 0 saturated heterocycles. The molecule has 0 spiro atoms. The minimum absolute atomic E-state index is 0.557. The van der Waals surface area contributed by atoms with Crippen molar-refractivity contribution in [1.29, 1.82) is 0 Å². The van der Waals surface area contributed by atoms with Crippen molar-refractivity contribution in [2.45, 2.75) is 6.42 Å². The van der Waals surface area contributed by atoms with E-state index in [1.165, 1.54) is 0 Å². The van der Waals surface area contributed by atoms with Gasteiger partial charge in [0.1, 0.15) is 0 Å². The standard InChI is InChI=1S/C10H8O2/c11-10(12)9-6-8(9)7-4-2-1-3-5-7/h1-5H,6H2,(H,11,12). The maximum Gasteiger partial charge on any atom is 0.332 e. The number of carbonyl (C=O) groups is 1. The summed E-state index contributed by atoms with van der Waals surface area (Å²) in [6.07, 6.45) is 0.638. The Balaban J connectivity index is 2.31. The van der Waals surface area contributed by atoms with Gasteiger partial charge in [0, 0.05) is 12.0 Å². The second-order valence-electron chi connectivity index (χ2n) is 2.81. The predicted octanol–water partition coefficient (Wildman–Crippen LogP) is 1.93. The van der Waals surface area contributed by atoms with Gasteiger partial charge in [-0.2, -0.15) is 0 Å². The van der Waals surface area contributed by atoms with E-state index in [0.717, 1.165) is 11.1 Å². The molecule has 0 aromatic heterocycles. The van der Waals surface area contributed by atoms with Crippen LogP contribution in [0.3, 0.4) is 0 Å². The molecule has 0 bridgehead atoms. The van der Waals surface area contributed by atoms with Crippen LogP contribution < -0.4 is 0 Å². The minimum atomic E-state index is -0.783. The van der Waals surface area contributed by atoms with Crippen molar-refractivity contribution >= 4 is 11.5 Å². The summed E-state index contributed by atoms with van der Waals surface area (Å²) in [6, 6.07) is 9.63. The van der Waals surface area contributed by atoms with Gasteiger partial charge in [-0.25, -0.2) is 4.79 Å². The topological polar surface area (TPSA) is 37.3 Å². The normalized spacial score (nSPS) is 14.7. The summed E-state index contributed by atoms with van der Waals surface area (Å²) in [5.74, 6) is -0.783. The summed E-state index contributed by atoms with van der Waals surface area (Å²) >= 11 is 0. The van der Waals surface area contributed by atoms with Gasteiger partial charge in [-0.1, -0.05) is 30.3 Å². The van der Waals surface area contributed by atoms with Crippen LogP contribution >= 0.6 is 0 Å². The summed E-state index contributed by atoms with van der Waals surface area (Å²) in [5.41, 5.74) is 2.57. The Morgan fingerprint density at radius 2 is 1.92 bits per heavy atom. The van der Waals surface area contributed by atoms with E-state index in [9.17, 15) is 4.79 Å². The van der Waals surface area contributed by atoms with Crippen molar-refractivity contribution in [2.75, 3.05) is 0 Å². The number of carboxylic acids is 1. The van der Waals surface area contributed by atoms with Crippen LogP contribution in [0.5, 0.6) is 0 Å². The maximum absolute atomic E-state index is 10.5. The maximum atomic E-state index is 10.5. The highest BCUT2D eigenvalue weighted by molar-refractivity contribution is 6.07. The summed E-state index contributed by atoms with van der Waals surface area (Å²) in [5, 5.41) is 8.63. The van der Waals surface area contributed by atoms with Crippen LogP contribution in [0.4, 0.5) is 0 Å². The van der Waals surface area contributed by atoms with Gasteiger partial charge in [0.25, 0.3) is 0 Å². The lowest BCUT2D eigenvalue weighted by atomic mass is 10.2. The SMILES string of the molecule is O=C(O)C1=C(c2ccccc2)C1. The minimum Gasteiger partial charge on any atom is -0.478 e. The van der Waals surface area contributed by atoms with Gasteiger partial charge < -0.3 is 5.11 Å². The highest BCUT2D eigenvalue weighted by atomic mass is 16.4. The largest absolute Gasteiger partial charge is 0.478 e. The van der Waals surface area contributed by atoms with Gasteiger partial charge in [-0.05, 0) is 11.1 Å². The molecule has 0 aliphatic heterocycles. The van der Waals surface area contributed by atoms with E-state index in [1.807, 2.05) is 30.3 Å². The van der Waals surface area contributed by atoms with Gasteiger partial charge in [-0.15, -0.1) is 0 Å². The molecular formula is C10H8O2. The monoisotopic (exact) mass is 160 g/mol. The molecular weight excluding hydrogens is 152 g/mol. The quantitative estimate of drug-likeness (QED) is 0.717. The molecule has 2 rings (SSSR count). The van der Waals surface area contributed by atoms with Crippen molar-refractivity contribution in [3.05, 3.63) is 41.5 Å². The van der Waals surface area contributed by atoms with Crippen molar-refractivity contribution in [3.8, 4) is 0 Å². The van der Waals surface area contributed by atoms with E-state index in [1.54, 1.807) is 0 Å². The molecule has 0 atom stereocenters. The molecule has 1 aromatic carbocycles. The fraction of sp³-hybridized carbons (Fsp3) is 0.100. The molecule has 2 heteroatoms. The van der Waals surface area contributed by atoms with Crippen molar-refractivity contribution in [2.24, 2.45) is 0 Å². The average Bonchev–Trinajstić information content (AvgIpc) is 2.84. The first-order valence-corrected chi connectivity index (χ1v) is 3.80. The van der Waals surface area contributed by atoms with E-state index in [0.29, 0.717) is 12.0 Å². The van der Waals surface area contributed by atoms with Crippen LogP contribution in [-0.2, 0) is 4.79 Å². The molecule has 0 amide bonds. The lowest BCUT2D eigenvalue weighted by Crippen LogP contribution is -1.87. The summed E-state index contributed by atoms with van der Waals surface area (Å²) < 4.78 is 0. The summed E-state index contributed by atoms with van der Waals surface area (Å²) in [4.78, 5) is 10.5. The Morgan fingerprint density at radius 3 is 2.42 bits per heavy atom. The van der Waals surface area contributed by atoms with Crippen molar-refractivity contribution < 1.29 is 9.90 Å². The number of hydrogen-bond acceptors (Lipinski definition) is 1. The lowest BCUT2D eigenvalue weighted by molar-refractivity contribution is -0.132. The van der Waals surface area contributed by atoms with E-state index < -0.39 is 5.97 Å². The highest BCUT2D eigenvalue weighted by Gasteiger charge is 2.28. The van der Waals surface area contributed by atoms with Gasteiger partial charge in [-0.3, -0.25) is 0 Å². The first kappa shape index (κ1) is 7.10. The first-order chi connectivity index (χ1) is 5.79. The zero-order chi connectivity index (χ0) is 8.55. The zero-order valence-electron chi connectivity index (χ0n) is 6.45. The van der Waals surface area contributed by atoms with Crippen LogP contribution in [0.1, 0.15) is 12.0 Å². The molecule has 60 valence electrons. The van der Waals surface area contributed by atoms with Crippen LogP contribution in [-0.4, -0.2) is 11.1 Å². The fourth-order valence-electron chi connectivity index (χ4n) is 1.25. The van der Waals surface area contributed by atoms with Crippen LogP contribution in [0.15, 0.2) is 35.9 Å². The number of hydrogen-bond donors (Lipinski definition) is 1. The Labute approximate surface area is 70.2 Å². The molecule has 12 heavy (non-hydrogen) atoms. The molecule has 0 fully saturated rings. The molecule has 0 heterocycles. The molecule has 0 saturated carbocycles. The van der Waals surface area contributed by atoms with E-state index in [-0.39, 0.29) is 0 Å². The number of aliphatic carboxylic acids is 1. The third kappa shape index (κ3) is 1.11. The summed E-state index contributed by atoms with van der Waals surface area (Å²) in [6.45, 7) is 0. The number of benzene rings is 1. The second-order valence-corrected chi connectivity index (χ2v) is 2.81. The number of rotatable bonds is 2. The second kappa shape index (κ2) is 2.48. The molecule has 1 aliphatic rings. The third-order valence-electron chi connectivity index (χ3n) is 1.97. The van der Waals surface area contributed by atoms with Gasteiger partial charge in [0.05, 0.1) is 0 Å². The van der Waals surface area contributed by atoms with E-state index >= 15 is 0 Å². The van der Waals surface area contributed by atoms with Crippen molar-refractivity contribution in [1.82, 2.24) is 0 Å². The molecule has 2 nitrogen and oxygen atoms in total. The fourth-order valence-corrected chi connectivity index (χ4v) is 1.25. The lowest BCUT2D eigenvalue weighted by Gasteiger charge is -1.89. The number of allylic oxidation sites excluding steroid dienone is 1. The smallest absolute Gasteiger partial charge is 0.332 e. The molecule has 1 aromatic rings. The first-order valence-electron chi connectivity index (χ1n) is 3.80. The van der Waals surface area contributed by atoms with Gasteiger partial charge in [0.2, 0.25) is 0 Å². The Bertz CT molecular complexity index is 349. The van der Waals surface area contributed by atoms with Gasteiger partial charge in [0.15, 0.2) is 0 Å². The number of carboxylic acid groups (broad SMARTS) is 1. The van der Waals surface area contributed by atoms with Crippen molar-refractivity contribution in [3.63, 3.8) is 0 Å². The Morgan fingerprint density at radius 1 is 1.25 bits per heavy atom. The molecule has 1 aliphatic carbocycles. The summed E-state index contributed by atoms with van der Waals surface area (Å²) in [7, 11) is 0. The predicted molar refractivity (Wildman–Crippen MR) is 45.6 cm³/mol. The van der Waals surface area contributed by atoms with Crippen LogP contribution in [0.25, 0.3) is 5.57 Å². The Hall–Kier alpha value is -1.57. The highest BCUT2D eigenvalue weighted by Crippen LogP contribution is 2.39. The van der Waals surface area contributed by atoms with Crippen LogP contribution in [0, 0.1) is 0 Å². The van der Waals surface area contributed by atoms with Gasteiger partial charge >= 0.3 is 5.97 Å². The zero-order valence-corrected chi connectivity index (χ0v) is 6.45. The Kier molecular flexibility index (Phi) is 1.47. The third-order valence-corrected chi connectivity index (χ3v) is 1.97. The van der Waals surface area contributed by atoms with Crippen LogP contribution in [0.2, 0.25) is 0 Å².